The Morgan fingerprint density at radius 1 is 1.07 bits per heavy atom. The second-order valence-corrected chi connectivity index (χ2v) is 10.4. The first kappa shape index (κ1) is 35.5. The van der Waals surface area contributed by atoms with Gasteiger partial charge in [-0.25, -0.2) is 19.7 Å². The van der Waals surface area contributed by atoms with E-state index in [0.29, 0.717) is 0 Å². The third-order valence-corrected chi connectivity index (χ3v) is 6.40. The highest BCUT2D eigenvalue weighted by Crippen LogP contribution is 2.41. The van der Waals surface area contributed by atoms with Gasteiger partial charge in [-0.3, -0.25) is 14.4 Å². The minimum Gasteiger partial charge on any atom is -0.436 e. The summed E-state index contributed by atoms with van der Waals surface area (Å²) < 4.78 is 85.2. The number of H-pyrrole nitrogens is 1. The average molecular weight is 661 g/mol. The number of amides is 3. The molecular weight excluding hydrogens is 630 g/mol. The van der Waals surface area contributed by atoms with Gasteiger partial charge in [0.2, 0.25) is 5.91 Å². The van der Waals surface area contributed by atoms with Crippen LogP contribution in [0.2, 0.25) is 0 Å². The second kappa shape index (κ2) is 14.4. The molecule has 0 bridgehead atoms. The SMILES string of the molecule is CN(C)C(=O)C=CCCC(OC(=O)N(C)C)C(=O)Nc1cccn(Cc2nc3ncnc(CC(C(F)(F)F)C(F)(F)F)c3[nH]2)c1=O. The van der Waals surface area contributed by atoms with E-state index in [1.165, 1.54) is 49.5 Å². The quantitative estimate of drug-likeness (QED) is 0.235. The molecule has 1 atom stereocenters. The van der Waals surface area contributed by atoms with E-state index in [-0.39, 0.29) is 48.0 Å². The number of likely N-dealkylation sites (N-methyl/N-ethyl adjacent to an activating group) is 1. The molecule has 3 rings (SSSR count). The van der Waals surface area contributed by atoms with Crippen LogP contribution < -0.4 is 10.9 Å². The average Bonchev–Trinajstić information content (AvgIpc) is 3.37. The lowest BCUT2D eigenvalue weighted by molar-refractivity contribution is -0.283. The molecule has 0 spiro atoms. The first-order valence-electron chi connectivity index (χ1n) is 13.5. The number of nitrogens with one attached hydrogen (secondary N) is 2. The molecule has 0 saturated carbocycles. The molecule has 13 nitrogen and oxygen atoms in total. The summed E-state index contributed by atoms with van der Waals surface area (Å²) in [5.74, 6) is -4.86. The van der Waals surface area contributed by atoms with Crippen LogP contribution in [0.15, 0.2) is 41.6 Å². The Hall–Kier alpha value is -4.97. The maximum Gasteiger partial charge on any atom is 0.410 e. The Labute approximate surface area is 257 Å². The second-order valence-electron chi connectivity index (χ2n) is 10.4. The molecule has 46 heavy (non-hydrogen) atoms. The standard InChI is InChI=1S/C27H30F6N8O5/c1-39(2)20(42)10-6-5-9-17(46-25(45)40(3)4)23(43)36-15-8-7-11-41(24(15)44)13-19-37-21-16(34-14-35-22(21)38-19)12-18(26(28,29)30)27(31,32)33/h6-8,10-11,14,17-18H,5,9,12-13H2,1-4H3,(H,36,43)(H,34,35,37,38). The van der Waals surface area contributed by atoms with Crippen LogP contribution in [-0.4, -0.2) is 98.9 Å². The highest BCUT2D eigenvalue weighted by atomic mass is 19.4. The Balaban J connectivity index is 1.82. The Kier molecular flexibility index (Phi) is 11.1. The van der Waals surface area contributed by atoms with Gasteiger partial charge in [-0.15, -0.1) is 0 Å². The smallest absolute Gasteiger partial charge is 0.410 e. The van der Waals surface area contributed by atoms with Crippen molar-refractivity contribution in [3.8, 4) is 0 Å². The molecule has 0 saturated heterocycles. The number of hydrogen-bond acceptors (Lipinski definition) is 8. The number of carbonyl (C=O) groups is 3. The molecule has 0 aromatic carbocycles. The van der Waals surface area contributed by atoms with Crippen LogP contribution in [-0.2, 0) is 27.3 Å². The number of carbonyl (C=O) groups excluding carboxylic acids is 3. The predicted octanol–water partition coefficient (Wildman–Crippen LogP) is 3.28. The van der Waals surface area contributed by atoms with E-state index in [9.17, 15) is 45.5 Å². The fourth-order valence-corrected chi connectivity index (χ4v) is 3.95. The van der Waals surface area contributed by atoms with E-state index in [2.05, 4.69) is 25.3 Å². The molecular formula is C27H30F6N8O5. The van der Waals surface area contributed by atoms with Gasteiger partial charge in [-0.05, 0) is 31.1 Å². The zero-order valence-corrected chi connectivity index (χ0v) is 24.9. The molecule has 3 heterocycles. The number of imidazole rings is 1. The molecule has 250 valence electrons. The predicted molar refractivity (Wildman–Crippen MR) is 150 cm³/mol. The van der Waals surface area contributed by atoms with E-state index in [1.807, 2.05) is 0 Å². The normalized spacial score (nSPS) is 12.8. The molecule has 1 unspecified atom stereocenters. The first-order valence-corrected chi connectivity index (χ1v) is 13.5. The number of alkyl halides is 6. The number of ether oxygens (including phenoxy) is 1. The monoisotopic (exact) mass is 660 g/mol. The summed E-state index contributed by atoms with van der Waals surface area (Å²) >= 11 is 0. The number of hydrogen-bond donors (Lipinski definition) is 2. The highest BCUT2D eigenvalue weighted by Gasteiger charge is 2.56. The van der Waals surface area contributed by atoms with Crippen molar-refractivity contribution in [2.45, 2.75) is 44.3 Å². The number of halogens is 6. The third kappa shape index (κ3) is 9.27. The lowest BCUT2D eigenvalue weighted by Gasteiger charge is -2.22. The van der Waals surface area contributed by atoms with Crippen molar-refractivity contribution in [2.24, 2.45) is 5.92 Å². The van der Waals surface area contributed by atoms with Gasteiger partial charge in [-0.2, -0.15) is 26.3 Å². The summed E-state index contributed by atoms with van der Waals surface area (Å²) in [6, 6.07) is 2.66. The number of aromatic nitrogens is 5. The maximum absolute atomic E-state index is 13.2. The summed E-state index contributed by atoms with van der Waals surface area (Å²) in [7, 11) is 5.92. The number of aromatic amines is 1. The van der Waals surface area contributed by atoms with Gasteiger partial charge in [0.1, 0.15) is 23.4 Å². The zero-order valence-electron chi connectivity index (χ0n) is 24.9. The Morgan fingerprint density at radius 2 is 1.74 bits per heavy atom. The third-order valence-electron chi connectivity index (χ3n) is 6.40. The molecule has 3 aromatic heterocycles. The van der Waals surface area contributed by atoms with Crippen molar-refractivity contribution < 1.29 is 45.5 Å². The summed E-state index contributed by atoms with van der Waals surface area (Å²) in [6.07, 6.45) is -9.86. The highest BCUT2D eigenvalue weighted by molar-refractivity contribution is 5.95. The molecule has 19 heteroatoms. The number of pyridine rings is 1. The van der Waals surface area contributed by atoms with Crippen molar-refractivity contribution in [2.75, 3.05) is 33.5 Å². The lowest BCUT2D eigenvalue weighted by atomic mass is 10.0. The van der Waals surface area contributed by atoms with Gasteiger partial charge in [0.25, 0.3) is 11.5 Å². The van der Waals surface area contributed by atoms with Crippen LogP contribution in [0.25, 0.3) is 11.2 Å². The van der Waals surface area contributed by atoms with Crippen molar-refractivity contribution in [1.82, 2.24) is 34.3 Å². The first-order chi connectivity index (χ1) is 21.4. The van der Waals surface area contributed by atoms with Crippen molar-refractivity contribution >= 4 is 34.8 Å². The summed E-state index contributed by atoms with van der Waals surface area (Å²) in [6.45, 7) is -0.343. The number of nitrogens with zero attached hydrogens (tertiary/aromatic N) is 6. The van der Waals surface area contributed by atoms with Crippen LogP contribution in [0.3, 0.4) is 0 Å². The fraction of sp³-hybridized carbons (Fsp3) is 0.444. The molecule has 2 N–H and O–H groups in total. The van der Waals surface area contributed by atoms with E-state index in [0.717, 1.165) is 15.8 Å². The van der Waals surface area contributed by atoms with E-state index < -0.39 is 54.0 Å². The van der Waals surface area contributed by atoms with E-state index in [4.69, 9.17) is 4.74 Å². The largest absolute Gasteiger partial charge is 0.436 e. The van der Waals surface area contributed by atoms with E-state index in [1.54, 1.807) is 14.1 Å². The minimum atomic E-state index is -5.58. The van der Waals surface area contributed by atoms with Crippen LogP contribution in [0.4, 0.5) is 36.8 Å². The topological polar surface area (TPSA) is 155 Å². The number of rotatable bonds is 11. The van der Waals surface area contributed by atoms with Crippen molar-refractivity contribution in [1.29, 1.82) is 0 Å². The van der Waals surface area contributed by atoms with Crippen molar-refractivity contribution in [3.63, 3.8) is 0 Å². The van der Waals surface area contributed by atoms with Gasteiger partial charge in [-0.1, -0.05) is 6.08 Å². The number of fused-ring (bicyclic) bond motifs is 1. The number of anilines is 1. The zero-order chi connectivity index (χ0) is 34.4. The molecule has 3 aromatic rings. The minimum absolute atomic E-state index is 0.0322. The number of allylic oxidation sites excluding steroid dienone is 1. The molecule has 0 radical (unpaired) electrons. The van der Waals surface area contributed by atoms with Crippen LogP contribution in [0.1, 0.15) is 24.4 Å². The van der Waals surface area contributed by atoms with Crippen molar-refractivity contribution in [3.05, 3.63) is 58.7 Å². The summed E-state index contributed by atoms with van der Waals surface area (Å²) in [5, 5.41) is 2.40. The summed E-state index contributed by atoms with van der Waals surface area (Å²) in [4.78, 5) is 66.6. The molecule has 0 fully saturated rings. The molecule has 0 aliphatic carbocycles. The van der Waals surface area contributed by atoms with Gasteiger partial charge in [0.05, 0.1) is 12.2 Å². The van der Waals surface area contributed by atoms with Gasteiger partial charge in [0.15, 0.2) is 17.7 Å². The van der Waals surface area contributed by atoms with Gasteiger partial charge >= 0.3 is 18.4 Å². The maximum atomic E-state index is 13.2. The Morgan fingerprint density at radius 3 is 2.35 bits per heavy atom. The van der Waals surface area contributed by atoms with E-state index >= 15 is 0 Å². The lowest BCUT2D eigenvalue weighted by Crippen LogP contribution is -2.38. The van der Waals surface area contributed by atoms with Crippen LogP contribution in [0.5, 0.6) is 0 Å². The summed E-state index contributed by atoms with van der Waals surface area (Å²) in [5.41, 5.74) is -2.04. The Bertz CT molecular complexity index is 1630. The molecule has 0 aliphatic rings. The van der Waals surface area contributed by atoms with Gasteiger partial charge in [0, 0.05) is 40.8 Å². The van der Waals surface area contributed by atoms with Crippen LogP contribution >= 0.6 is 0 Å². The van der Waals surface area contributed by atoms with Gasteiger partial charge < -0.3 is 29.4 Å². The molecule has 0 aliphatic heterocycles. The van der Waals surface area contributed by atoms with Crippen LogP contribution in [0, 0.1) is 5.92 Å². The fourth-order valence-electron chi connectivity index (χ4n) is 3.95. The molecule has 3 amide bonds.